The van der Waals surface area contributed by atoms with E-state index in [1.165, 1.54) is 11.8 Å². The van der Waals surface area contributed by atoms with Crippen molar-refractivity contribution in [1.82, 2.24) is 15.0 Å². The fourth-order valence-corrected chi connectivity index (χ4v) is 4.22. The van der Waals surface area contributed by atoms with Crippen LogP contribution in [0.3, 0.4) is 0 Å². The van der Waals surface area contributed by atoms with E-state index in [1.807, 2.05) is 24.3 Å². The molecule has 0 aliphatic heterocycles. The van der Waals surface area contributed by atoms with Crippen molar-refractivity contribution in [1.29, 1.82) is 0 Å². The standard InChI is InChI=1S/C33H25N3O4/c1-33(2,3)25-9-10-28-23(5-4-6-24(28)16-25)8-7-22-11-13-34-29(15-22)31-18-27(40-21-38)19-32(36-31)30-17-26(39-20-37)12-14-35-30/h4-6,9-21H,1-3H3. The van der Waals surface area contributed by atoms with Gasteiger partial charge >= 0.3 is 0 Å². The second-order valence-corrected chi connectivity index (χ2v) is 10.0. The maximum Gasteiger partial charge on any atom is 0.298 e. The van der Waals surface area contributed by atoms with Gasteiger partial charge in [0.2, 0.25) is 0 Å². The van der Waals surface area contributed by atoms with E-state index in [4.69, 9.17) is 9.47 Å². The fourth-order valence-electron chi connectivity index (χ4n) is 4.22. The summed E-state index contributed by atoms with van der Waals surface area (Å²) in [5.74, 6) is 7.13. The molecule has 0 radical (unpaired) electrons. The summed E-state index contributed by atoms with van der Waals surface area (Å²) in [4.78, 5) is 35.3. The van der Waals surface area contributed by atoms with Crippen molar-refractivity contribution in [2.75, 3.05) is 0 Å². The highest BCUT2D eigenvalue weighted by Crippen LogP contribution is 2.29. The van der Waals surface area contributed by atoms with E-state index in [-0.39, 0.29) is 11.2 Å². The van der Waals surface area contributed by atoms with Crippen LogP contribution in [0.4, 0.5) is 0 Å². The van der Waals surface area contributed by atoms with Crippen LogP contribution in [0.2, 0.25) is 0 Å². The molecule has 196 valence electrons. The SMILES string of the molecule is CC(C)(C)c1ccc2c(C#Cc3ccnc(-c4cc(OC=O)cc(-c5cc(OC=O)ccn5)n4)c3)cccc2c1. The Labute approximate surface area is 231 Å². The summed E-state index contributed by atoms with van der Waals surface area (Å²) < 4.78 is 10.0. The number of fused-ring (bicyclic) bond motifs is 1. The van der Waals surface area contributed by atoms with Crippen LogP contribution in [0, 0.1) is 11.8 Å². The second kappa shape index (κ2) is 11.2. The van der Waals surface area contributed by atoms with Crippen LogP contribution in [0.5, 0.6) is 11.5 Å². The molecule has 40 heavy (non-hydrogen) atoms. The number of carbonyl (C=O) groups excluding carboxylic acids is 2. The van der Waals surface area contributed by atoms with Crippen molar-refractivity contribution in [3.05, 3.63) is 102 Å². The molecule has 0 amide bonds. The van der Waals surface area contributed by atoms with Gasteiger partial charge in [-0.05, 0) is 46.0 Å². The Balaban J connectivity index is 1.51. The first-order valence-corrected chi connectivity index (χ1v) is 12.5. The smallest absolute Gasteiger partial charge is 0.298 e. The fraction of sp³-hybridized carbons (Fsp3) is 0.121. The molecular weight excluding hydrogens is 502 g/mol. The first-order valence-electron chi connectivity index (χ1n) is 12.5. The number of rotatable bonds is 6. The highest BCUT2D eigenvalue weighted by atomic mass is 16.5. The van der Waals surface area contributed by atoms with Crippen LogP contribution in [-0.4, -0.2) is 27.9 Å². The minimum absolute atomic E-state index is 0.0629. The Kier molecular flexibility index (Phi) is 7.34. The van der Waals surface area contributed by atoms with E-state index in [1.54, 1.807) is 30.5 Å². The van der Waals surface area contributed by atoms with Gasteiger partial charge in [0.25, 0.3) is 12.9 Å². The number of pyridine rings is 3. The molecule has 0 aliphatic rings. The van der Waals surface area contributed by atoms with Gasteiger partial charge < -0.3 is 9.47 Å². The summed E-state index contributed by atoms with van der Waals surface area (Å²) in [7, 11) is 0. The van der Waals surface area contributed by atoms with E-state index in [0.717, 1.165) is 21.9 Å². The lowest BCUT2D eigenvalue weighted by Crippen LogP contribution is -2.10. The summed E-state index contributed by atoms with van der Waals surface area (Å²) >= 11 is 0. The lowest BCUT2D eigenvalue weighted by Gasteiger charge is -2.19. The maximum atomic E-state index is 11.1. The van der Waals surface area contributed by atoms with E-state index in [2.05, 4.69) is 71.8 Å². The van der Waals surface area contributed by atoms with Gasteiger partial charge in [-0.1, -0.05) is 62.9 Å². The third-order valence-electron chi connectivity index (χ3n) is 6.27. The summed E-state index contributed by atoms with van der Waals surface area (Å²) in [6.07, 6.45) is 3.15. The molecule has 0 saturated carbocycles. The Bertz CT molecular complexity index is 1800. The lowest BCUT2D eigenvalue weighted by molar-refractivity contribution is -0.121. The summed E-state index contributed by atoms with van der Waals surface area (Å²) in [5.41, 5.74) is 4.86. The van der Waals surface area contributed by atoms with Gasteiger partial charge in [-0.15, -0.1) is 0 Å². The van der Waals surface area contributed by atoms with Gasteiger partial charge in [0, 0.05) is 41.7 Å². The highest BCUT2D eigenvalue weighted by Gasteiger charge is 2.14. The van der Waals surface area contributed by atoms with Gasteiger partial charge in [0.15, 0.2) is 0 Å². The molecule has 0 bridgehead atoms. The first-order chi connectivity index (χ1) is 19.3. The van der Waals surface area contributed by atoms with Gasteiger partial charge in [0.1, 0.15) is 11.5 Å². The van der Waals surface area contributed by atoms with Crippen molar-refractivity contribution in [3.63, 3.8) is 0 Å². The van der Waals surface area contributed by atoms with Crippen molar-refractivity contribution in [3.8, 4) is 46.1 Å². The monoisotopic (exact) mass is 527 g/mol. The van der Waals surface area contributed by atoms with Crippen LogP contribution in [0.15, 0.2) is 85.2 Å². The van der Waals surface area contributed by atoms with Gasteiger partial charge in [-0.25, -0.2) is 4.98 Å². The third-order valence-corrected chi connectivity index (χ3v) is 6.27. The average molecular weight is 528 g/mol. The number of aromatic nitrogens is 3. The molecule has 2 aromatic carbocycles. The number of nitrogens with zero attached hydrogens (tertiary/aromatic N) is 3. The Morgan fingerprint density at radius 3 is 2.10 bits per heavy atom. The molecule has 0 atom stereocenters. The molecule has 0 unspecified atom stereocenters. The molecule has 0 spiro atoms. The topological polar surface area (TPSA) is 91.3 Å². The molecule has 5 rings (SSSR count). The molecule has 7 nitrogen and oxygen atoms in total. The number of carbonyl (C=O) groups is 2. The van der Waals surface area contributed by atoms with Crippen LogP contribution in [0.25, 0.3) is 33.5 Å². The maximum absolute atomic E-state index is 11.1. The Morgan fingerprint density at radius 1 is 0.700 bits per heavy atom. The summed E-state index contributed by atoms with van der Waals surface area (Å²) in [6.45, 7) is 7.28. The minimum atomic E-state index is 0.0629. The van der Waals surface area contributed by atoms with Gasteiger partial charge in [-0.2, -0.15) is 0 Å². The predicted molar refractivity (Wildman–Crippen MR) is 153 cm³/mol. The molecular formula is C33H25N3O4. The molecule has 0 saturated heterocycles. The lowest BCUT2D eigenvalue weighted by atomic mass is 9.85. The van der Waals surface area contributed by atoms with Crippen LogP contribution < -0.4 is 9.47 Å². The zero-order chi connectivity index (χ0) is 28.1. The van der Waals surface area contributed by atoms with E-state index < -0.39 is 0 Å². The molecule has 0 aliphatic carbocycles. The van der Waals surface area contributed by atoms with Crippen LogP contribution >= 0.6 is 0 Å². The molecule has 0 N–H and O–H groups in total. The van der Waals surface area contributed by atoms with Crippen molar-refractivity contribution in [2.45, 2.75) is 26.2 Å². The van der Waals surface area contributed by atoms with Crippen molar-refractivity contribution in [2.24, 2.45) is 0 Å². The van der Waals surface area contributed by atoms with Crippen LogP contribution in [0.1, 0.15) is 37.5 Å². The number of benzene rings is 2. The van der Waals surface area contributed by atoms with E-state index in [9.17, 15) is 9.59 Å². The molecule has 7 heteroatoms. The molecule has 5 aromatic rings. The number of hydrogen-bond donors (Lipinski definition) is 0. The van der Waals surface area contributed by atoms with Gasteiger partial charge in [-0.3, -0.25) is 19.6 Å². The van der Waals surface area contributed by atoms with E-state index in [0.29, 0.717) is 41.5 Å². The zero-order valence-electron chi connectivity index (χ0n) is 22.2. The number of ether oxygens (including phenoxy) is 2. The third kappa shape index (κ3) is 5.87. The molecule has 0 fully saturated rings. The van der Waals surface area contributed by atoms with Crippen LogP contribution in [-0.2, 0) is 15.0 Å². The zero-order valence-corrected chi connectivity index (χ0v) is 22.2. The normalized spacial score (nSPS) is 10.9. The largest absolute Gasteiger partial charge is 0.429 e. The minimum Gasteiger partial charge on any atom is -0.429 e. The quantitative estimate of drug-likeness (QED) is 0.194. The molecule has 3 heterocycles. The number of hydrogen-bond acceptors (Lipinski definition) is 7. The average Bonchev–Trinajstić information content (AvgIpc) is 2.96. The Morgan fingerprint density at radius 2 is 1.38 bits per heavy atom. The second-order valence-electron chi connectivity index (χ2n) is 10.0. The Hall–Kier alpha value is -5.35. The summed E-state index contributed by atoms with van der Waals surface area (Å²) in [6, 6.07) is 22.6. The predicted octanol–water partition coefficient (Wildman–Crippen LogP) is 6.13. The van der Waals surface area contributed by atoms with Gasteiger partial charge in [0.05, 0.1) is 22.8 Å². The van der Waals surface area contributed by atoms with Crippen molar-refractivity contribution < 1.29 is 19.1 Å². The van der Waals surface area contributed by atoms with Crippen molar-refractivity contribution >= 4 is 23.7 Å². The molecule has 3 aromatic heterocycles. The van der Waals surface area contributed by atoms with E-state index >= 15 is 0 Å². The first kappa shape index (κ1) is 26.3. The summed E-state index contributed by atoms with van der Waals surface area (Å²) in [5, 5.41) is 2.24. The highest BCUT2D eigenvalue weighted by molar-refractivity contribution is 5.89.